The Morgan fingerprint density at radius 3 is 1.92 bits per heavy atom. The van der Waals surface area contributed by atoms with E-state index < -0.39 is 0 Å². The summed E-state index contributed by atoms with van der Waals surface area (Å²) in [5, 5.41) is 0. The van der Waals surface area contributed by atoms with E-state index in [1.54, 1.807) is 0 Å². The van der Waals surface area contributed by atoms with Gasteiger partial charge in [-0.3, -0.25) is 0 Å². The van der Waals surface area contributed by atoms with Crippen molar-refractivity contribution < 1.29 is 4.74 Å². The standard InChI is InChI=1S/C11H22O/c1-8(2)12-11(5)9(3)6-7-10(11)4/h8-10H,6-7H2,1-5H3. The summed E-state index contributed by atoms with van der Waals surface area (Å²) in [6.07, 6.45) is 3.01. The van der Waals surface area contributed by atoms with Crippen LogP contribution in [-0.4, -0.2) is 11.7 Å². The summed E-state index contributed by atoms with van der Waals surface area (Å²) in [7, 11) is 0. The van der Waals surface area contributed by atoms with Crippen molar-refractivity contribution in [2.24, 2.45) is 11.8 Å². The minimum Gasteiger partial charge on any atom is -0.372 e. The summed E-state index contributed by atoms with van der Waals surface area (Å²) in [6, 6.07) is 0. The molecule has 0 aliphatic heterocycles. The minimum absolute atomic E-state index is 0.133. The average molecular weight is 170 g/mol. The highest BCUT2D eigenvalue weighted by atomic mass is 16.5. The molecule has 0 aromatic carbocycles. The van der Waals surface area contributed by atoms with Gasteiger partial charge in [0.15, 0.2) is 0 Å². The molecule has 72 valence electrons. The van der Waals surface area contributed by atoms with Gasteiger partial charge in [-0.2, -0.15) is 0 Å². The second kappa shape index (κ2) is 3.37. The van der Waals surface area contributed by atoms with Gasteiger partial charge in [-0.15, -0.1) is 0 Å². The monoisotopic (exact) mass is 170 g/mol. The van der Waals surface area contributed by atoms with Gasteiger partial charge in [0.25, 0.3) is 0 Å². The first-order chi connectivity index (χ1) is 5.47. The highest BCUT2D eigenvalue weighted by molar-refractivity contribution is 4.93. The first-order valence-corrected chi connectivity index (χ1v) is 5.14. The Kier molecular flexibility index (Phi) is 2.82. The molecule has 0 heterocycles. The summed E-state index contributed by atoms with van der Waals surface area (Å²) in [5.41, 5.74) is 0.133. The number of rotatable bonds is 2. The lowest BCUT2D eigenvalue weighted by Gasteiger charge is -2.35. The predicted octanol–water partition coefficient (Wildman–Crippen LogP) is 3.24. The molecule has 0 aromatic heterocycles. The number of hydrogen-bond acceptors (Lipinski definition) is 1. The van der Waals surface area contributed by atoms with Crippen LogP contribution in [0.1, 0.15) is 47.5 Å². The number of hydrogen-bond donors (Lipinski definition) is 0. The van der Waals surface area contributed by atoms with E-state index in [1.165, 1.54) is 12.8 Å². The topological polar surface area (TPSA) is 9.23 Å². The molecule has 1 heteroatoms. The summed E-state index contributed by atoms with van der Waals surface area (Å²) in [5.74, 6) is 1.43. The van der Waals surface area contributed by atoms with Crippen molar-refractivity contribution in [2.45, 2.75) is 59.2 Å². The SMILES string of the molecule is CC(C)OC1(C)C(C)CCC1C. The maximum absolute atomic E-state index is 6.02. The van der Waals surface area contributed by atoms with Crippen molar-refractivity contribution in [3.8, 4) is 0 Å². The summed E-state index contributed by atoms with van der Waals surface area (Å²) >= 11 is 0. The maximum atomic E-state index is 6.02. The van der Waals surface area contributed by atoms with Crippen LogP contribution in [0.4, 0.5) is 0 Å². The smallest absolute Gasteiger partial charge is 0.0708 e. The van der Waals surface area contributed by atoms with Crippen LogP contribution in [0.5, 0.6) is 0 Å². The minimum atomic E-state index is 0.133. The van der Waals surface area contributed by atoms with Gasteiger partial charge in [0.1, 0.15) is 0 Å². The van der Waals surface area contributed by atoms with Crippen molar-refractivity contribution in [3.63, 3.8) is 0 Å². The lowest BCUT2D eigenvalue weighted by Crippen LogP contribution is -2.39. The third-order valence-corrected chi connectivity index (χ3v) is 3.48. The van der Waals surface area contributed by atoms with Crippen molar-refractivity contribution in [1.82, 2.24) is 0 Å². The van der Waals surface area contributed by atoms with Crippen LogP contribution < -0.4 is 0 Å². The van der Waals surface area contributed by atoms with Gasteiger partial charge in [-0.1, -0.05) is 13.8 Å². The largest absolute Gasteiger partial charge is 0.372 e. The van der Waals surface area contributed by atoms with E-state index in [1.807, 2.05) is 0 Å². The molecule has 1 fully saturated rings. The normalized spacial score (nSPS) is 42.5. The quantitative estimate of drug-likeness (QED) is 0.618. The molecule has 0 N–H and O–H groups in total. The Balaban J connectivity index is 2.66. The molecular formula is C11H22O. The van der Waals surface area contributed by atoms with Crippen LogP contribution >= 0.6 is 0 Å². The summed E-state index contributed by atoms with van der Waals surface area (Å²) < 4.78 is 6.02. The molecule has 1 aliphatic carbocycles. The van der Waals surface area contributed by atoms with Crippen LogP contribution in [0.2, 0.25) is 0 Å². The van der Waals surface area contributed by atoms with Crippen LogP contribution in [-0.2, 0) is 4.74 Å². The maximum Gasteiger partial charge on any atom is 0.0708 e. The Bertz CT molecular complexity index is 141. The summed E-state index contributed by atoms with van der Waals surface area (Å²) in [4.78, 5) is 0. The summed E-state index contributed by atoms with van der Waals surface area (Å²) in [6.45, 7) is 11.2. The Hall–Kier alpha value is -0.0400. The first kappa shape index (κ1) is 10.0. The van der Waals surface area contributed by atoms with Crippen LogP contribution in [0.15, 0.2) is 0 Å². The van der Waals surface area contributed by atoms with Crippen molar-refractivity contribution in [3.05, 3.63) is 0 Å². The second-order valence-electron chi connectivity index (χ2n) is 4.73. The van der Waals surface area contributed by atoms with Gasteiger partial charge >= 0.3 is 0 Å². The van der Waals surface area contributed by atoms with Gasteiger partial charge < -0.3 is 4.74 Å². The molecule has 0 bridgehead atoms. The van der Waals surface area contributed by atoms with Crippen LogP contribution in [0.25, 0.3) is 0 Å². The zero-order valence-corrected chi connectivity index (χ0v) is 9.05. The second-order valence-corrected chi connectivity index (χ2v) is 4.73. The van der Waals surface area contributed by atoms with Gasteiger partial charge in [0.2, 0.25) is 0 Å². The van der Waals surface area contributed by atoms with Gasteiger partial charge in [-0.25, -0.2) is 0 Å². The Labute approximate surface area is 76.5 Å². The third-order valence-electron chi connectivity index (χ3n) is 3.48. The highest BCUT2D eigenvalue weighted by Crippen LogP contribution is 2.43. The molecule has 0 radical (unpaired) electrons. The third kappa shape index (κ3) is 1.66. The van der Waals surface area contributed by atoms with Crippen molar-refractivity contribution in [1.29, 1.82) is 0 Å². The molecule has 2 unspecified atom stereocenters. The molecule has 2 atom stereocenters. The zero-order chi connectivity index (χ0) is 9.35. The van der Waals surface area contributed by atoms with E-state index in [9.17, 15) is 0 Å². The van der Waals surface area contributed by atoms with Gasteiger partial charge in [-0.05, 0) is 45.4 Å². The zero-order valence-electron chi connectivity index (χ0n) is 9.05. The van der Waals surface area contributed by atoms with Crippen LogP contribution in [0.3, 0.4) is 0 Å². The first-order valence-electron chi connectivity index (χ1n) is 5.14. The fraction of sp³-hybridized carbons (Fsp3) is 1.00. The molecule has 1 nitrogen and oxygen atoms in total. The number of ether oxygens (including phenoxy) is 1. The predicted molar refractivity (Wildman–Crippen MR) is 52.2 cm³/mol. The van der Waals surface area contributed by atoms with E-state index in [0.29, 0.717) is 6.10 Å². The lowest BCUT2D eigenvalue weighted by atomic mass is 9.87. The van der Waals surface area contributed by atoms with Crippen LogP contribution in [0, 0.1) is 11.8 Å². The van der Waals surface area contributed by atoms with E-state index in [2.05, 4.69) is 34.6 Å². The average Bonchev–Trinajstić information content (AvgIpc) is 2.16. The van der Waals surface area contributed by atoms with Gasteiger partial charge in [0, 0.05) is 0 Å². The fourth-order valence-electron chi connectivity index (χ4n) is 2.30. The van der Waals surface area contributed by atoms with Crippen molar-refractivity contribution >= 4 is 0 Å². The van der Waals surface area contributed by atoms with Gasteiger partial charge in [0.05, 0.1) is 11.7 Å². The fourth-order valence-corrected chi connectivity index (χ4v) is 2.30. The van der Waals surface area contributed by atoms with E-state index in [4.69, 9.17) is 4.74 Å². The molecule has 0 amide bonds. The lowest BCUT2D eigenvalue weighted by molar-refractivity contribution is -0.110. The molecular weight excluding hydrogens is 148 g/mol. The molecule has 1 saturated carbocycles. The molecule has 1 aliphatic rings. The molecule has 12 heavy (non-hydrogen) atoms. The van der Waals surface area contributed by atoms with Crippen molar-refractivity contribution in [2.75, 3.05) is 0 Å². The van der Waals surface area contributed by atoms with E-state index >= 15 is 0 Å². The molecule has 0 aromatic rings. The van der Waals surface area contributed by atoms with E-state index in [-0.39, 0.29) is 5.60 Å². The Morgan fingerprint density at radius 1 is 1.17 bits per heavy atom. The highest BCUT2D eigenvalue weighted by Gasteiger charge is 2.43. The van der Waals surface area contributed by atoms with E-state index in [0.717, 1.165) is 11.8 Å². The molecule has 0 saturated heterocycles. The molecule has 0 spiro atoms. The Morgan fingerprint density at radius 2 is 1.58 bits per heavy atom. The molecule has 1 rings (SSSR count).